The van der Waals surface area contributed by atoms with Gasteiger partial charge >= 0.3 is 0 Å². The van der Waals surface area contributed by atoms with E-state index in [-0.39, 0.29) is 6.67 Å². The van der Waals surface area contributed by atoms with Gasteiger partial charge in [0.1, 0.15) is 0 Å². The van der Waals surface area contributed by atoms with E-state index in [1.54, 1.807) is 0 Å². The molecule has 1 rings (SSSR count). The van der Waals surface area contributed by atoms with E-state index in [9.17, 15) is 4.39 Å². The predicted molar refractivity (Wildman–Crippen MR) is 58.0 cm³/mol. The van der Waals surface area contributed by atoms with Crippen LogP contribution in [0.4, 0.5) is 10.1 Å². The Balaban J connectivity index is 2.61. The maximum Gasteiger partial charge on any atom is 0.0911 e. The summed E-state index contributed by atoms with van der Waals surface area (Å²) in [7, 11) is 0. The Kier molecular flexibility index (Phi) is 4.22. The Morgan fingerprint density at radius 2 is 2.23 bits per heavy atom. The summed E-state index contributed by atoms with van der Waals surface area (Å²) in [6.07, 6.45) is 0.556. The van der Waals surface area contributed by atoms with Gasteiger partial charge in [-0.3, -0.25) is 4.39 Å². The molecule has 0 aliphatic carbocycles. The number of hydrogen-bond acceptors (Lipinski definition) is 1. The zero-order valence-electron chi connectivity index (χ0n) is 7.61. The number of rotatable bonds is 4. The van der Waals surface area contributed by atoms with E-state index in [2.05, 4.69) is 21.2 Å². The Morgan fingerprint density at radius 3 is 2.92 bits per heavy atom. The maximum absolute atomic E-state index is 11.8. The standard InChI is InChI=1S/C10H13BrFN/c1-8-4-2-5-9(10(8)11)13-7-3-6-12/h2,4-5,13H,3,6-7H2,1H3. The molecule has 0 amide bonds. The molecular formula is C10H13BrFN. The fraction of sp³-hybridized carbons (Fsp3) is 0.400. The van der Waals surface area contributed by atoms with Gasteiger partial charge in [-0.1, -0.05) is 12.1 Å². The van der Waals surface area contributed by atoms with E-state index < -0.39 is 0 Å². The van der Waals surface area contributed by atoms with Crippen LogP contribution in [0, 0.1) is 6.92 Å². The van der Waals surface area contributed by atoms with E-state index in [4.69, 9.17) is 0 Å². The van der Waals surface area contributed by atoms with Gasteiger partial charge in [-0.05, 0) is 40.9 Å². The Hall–Kier alpha value is -0.570. The molecule has 0 heterocycles. The van der Waals surface area contributed by atoms with Crippen LogP contribution in [-0.4, -0.2) is 13.2 Å². The lowest BCUT2D eigenvalue weighted by molar-refractivity contribution is 0.481. The van der Waals surface area contributed by atoms with Crippen molar-refractivity contribution in [1.29, 1.82) is 0 Å². The van der Waals surface area contributed by atoms with E-state index >= 15 is 0 Å². The molecule has 1 aromatic rings. The maximum atomic E-state index is 11.8. The molecule has 1 nitrogen and oxygen atoms in total. The molecule has 0 unspecified atom stereocenters. The topological polar surface area (TPSA) is 12.0 Å². The van der Waals surface area contributed by atoms with Gasteiger partial charge < -0.3 is 5.32 Å². The monoisotopic (exact) mass is 245 g/mol. The molecule has 0 aliphatic heterocycles. The molecule has 13 heavy (non-hydrogen) atoms. The summed E-state index contributed by atoms with van der Waals surface area (Å²) < 4.78 is 12.9. The molecule has 1 N–H and O–H groups in total. The zero-order chi connectivity index (χ0) is 9.68. The van der Waals surface area contributed by atoms with E-state index in [1.165, 1.54) is 5.56 Å². The van der Waals surface area contributed by atoms with Gasteiger partial charge in [-0.2, -0.15) is 0 Å². The minimum atomic E-state index is -0.267. The molecule has 72 valence electrons. The van der Waals surface area contributed by atoms with Gasteiger partial charge in [-0.25, -0.2) is 0 Å². The van der Waals surface area contributed by atoms with E-state index in [0.29, 0.717) is 13.0 Å². The minimum Gasteiger partial charge on any atom is -0.384 e. The first-order chi connectivity index (χ1) is 6.25. The fourth-order valence-corrected chi connectivity index (χ4v) is 1.48. The van der Waals surface area contributed by atoms with Crippen LogP contribution < -0.4 is 5.32 Å². The number of halogens is 2. The van der Waals surface area contributed by atoms with Crippen LogP contribution in [0.3, 0.4) is 0 Å². The third-order valence-corrected chi connectivity index (χ3v) is 2.87. The number of aryl methyl sites for hydroxylation is 1. The Morgan fingerprint density at radius 1 is 1.46 bits per heavy atom. The van der Waals surface area contributed by atoms with Crippen molar-refractivity contribution >= 4 is 21.6 Å². The molecule has 0 radical (unpaired) electrons. The van der Waals surface area contributed by atoms with Crippen molar-refractivity contribution in [3.8, 4) is 0 Å². The quantitative estimate of drug-likeness (QED) is 0.801. The number of hydrogen-bond donors (Lipinski definition) is 1. The second kappa shape index (κ2) is 5.22. The lowest BCUT2D eigenvalue weighted by Crippen LogP contribution is -2.02. The first-order valence-corrected chi connectivity index (χ1v) is 5.10. The fourth-order valence-electron chi connectivity index (χ4n) is 1.07. The largest absolute Gasteiger partial charge is 0.384 e. The van der Waals surface area contributed by atoms with Gasteiger partial charge in [0.15, 0.2) is 0 Å². The number of alkyl halides is 1. The third kappa shape index (κ3) is 2.99. The molecule has 0 saturated heterocycles. The molecule has 1 aromatic carbocycles. The SMILES string of the molecule is Cc1cccc(NCCCF)c1Br. The molecule has 0 atom stereocenters. The lowest BCUT2D eigenvalue weighted by Gasteiger charge is -2.08. The van der Waals surface area contributed by atoms with Crippen molar-refractivity contribution in [2.45, 2.75) is 13.3 Å². The Labute approximate surface area is 86.5 Å². The highest BCUT2D eigenvalue weighted by Crippen LogP contribution is 2.25. The molecule has 0 saturated carbocycles. The summed E-state index contributed by atoms with van der Waals surface area (Å²) in [5, 5.41) is 3.17. The van der Waals surface area contributed by atoms with Gasteiger partial charge in [0, 0.05) is 16.7 Å². The van der Waals surface area contributed by atoms with Crippen LogP contribution in [0.2, 0.25) is 0 Å². The van der Waals surface area contributed by atoms with Crippen LogP contribution in [0.1, 0.15) is 12.0 Å². The summed E-state index contributed by atoms with van der Waals surface area (Å²) >= 11 is 3.48. The highest BCUT2D eigenvalue weighted by Gasteiger charge is 2.00. The number of nitrogens with one attached hydrogen (secondary N) is 1. The summed E-state index contributed by atoms with van der Waals surface area (Å²) in [5.74, 6) is 0. The Bertz CT molecular complexity index is 276. The molecule has 0 bridgehead atoms. The van der Waals surface area contributed by atoms with Crippen LogP contribution in [0.25, 0.3) is 0 Å². The minimum absolute atomic E-state index is 0.267. The summed E-state index contributed by atoms with van der Waals surface area (Å²) in [4.78, 5) is 0. The van der Waals surface area contributed by atoms with E-state index in [1.807, 2.05) is 25.1 Å². The average molecular weight is 246 g/mol. The van der Waals surface area contributed by atoms with Crippen LogP contribution in [0.15, 0.2) is 22.7 Å². The second-order valence-electron chi connectivity index (χ2n) is 2.91. The second-order valence-corrected chi connectivity index (χ2v) is 3.70. The van der Waals surface area contributed by atoms with Crippen molar-refractivity contribution in [1.82, 2.24) is 0 Å². The lowest BCUT2D eigenvalue weighted by atomic mass is 10.2. The smallest absolute Gasteiger partial charge is 0.0911 e. The van der Waals surface area contributed by atoms with Crippen molar-refractivity contribution in [3.05, 3.63) is 28.2 Å². The van der Waals surface area contributed by atoms with Crippen molar-refractivity contribution < 1.29 is 4.39 Å². The molecule has 0 aliphatic rings. The molecule has 0 aromatic heterocycles. The predicted octanol–water partition coefficient (Wildman–Crippen LogP) is 3.53. The van der Waals surface area contributed by atoms with Crippen molar-refractivity contribution in [2.75, 3.05) is 18.5 Å². The van der Waals surface area contributed by atoms with Crippen LogP contribution >= 0.6 is 15.9 Å². The number of anilines is 1. The van der Waals surface area contributed by atoms with Gasteiger partial charge in [0.25, 0.3) is 0 Å². The summed E-state index contributed by atoms with van der Waals surface area (Å²) in [6, 6.07) is 6.00. The van der Waals surface area contributed by atoms with Gasteiger partial charge in [0.05, 0.1) is 6.67 Å². The van der Waals surface area contributed by atoms with Crippen molar-refractivity contribution in [3.63, 3.8) is 0 Å². The first kappa shape index (κ1) is 10.5. The highest BCUT2D eigenvalue weighted by molar-refractivity contribution is 9.10. The number of benzene rings is 1. The third-order valence-electron chi connectivity index (χ3n) is 1.82. The highest BCUT2D eigenvalue weighted by atomic mass is 79.9. The van der Waals surface area contributed by atoms with E-state index in [0.717, 1.165) is 10.2 Å². The summed E-state index contributed by atoms with van der Waals surface area (Å²) in [5.41, 5.74) is 2.22. The van der Waals surface area contributed by atoms with Crippen molar-refractivity contribution in [2.24, 2.45) is 0 Å². The first-order valence-electron chi connectivity index (χ1n) is 4.30. The zero-order valence-corrected chi connectivity index (χ0v) is 9.20. The summed E-state index contributed by atoms with van der Waals surface area (Å²) in [6.45, 7) is 2.44. The molecule has 3 heteroatoms. The average Bonchev–Trinajstić information content (AvgIpc) is 2.13. The normalized spacial score (nSPS) is 10.1. The van der Waals surface area contributed by atoms with Crippen LogP contribution in [-0.2, 0) is 0 Å². The van der Waals surface area contributed by atoms with Gasteiger partial charge in [-0.15, -0.1) is 0 Å². The molecule has 0 fully saturated rings. The molecular weight excluding hydrogens is 233 g/mol. The molecule has 0 spiro atoms. The van der Waals surface area contributed by atoms with Gasteiger partial charge in [0.2, 0.25) is 0 Å². The van der Waals surface area contributed by atoms with Crippen LogP contribution in [0.5, 0.6) is 0 Å².